The average Bonchev–Trinajstić information content (AvgIpc) is 2.87. The molecule has 0 radical (unpaired) electrons. The lowest BCUT2D eigenvalue weighted by Crippen LogP contribution is -2.11. The van der Waals surface area contributed by atoms with Gasteiger partial charge in [-0.1, -0.05) is 32.9 Å². The van der Waals surface area contributed by atoms with Crippen LogP contribution in [0.3, 0.4) is 0 Å². The highest BCUT2D eigenvalue weighted by molar-refractivity contribution is 5.45. The Balaban J connectivity index is 1.77. The molecule has 19 heavy (non-hydrogen) atoms. The molecular weight excluding hydrogens is 234 g/mol. The Kier molecular flexibility index (Phi) is 4.25. The van der Waals surface area contributed by atoms with Gasteiger partial charge in [-0.25, -0.2) is 4.98 Å². The molecule has 2 aromatic rings. The molecule has 3 nitrogen and oxygen atoms in total. The Morgan fingerprint density at radius 2 is 1.89 bits per heavy atom. The van der Waals surface area contributed by atoms with Crippen LogP contribution in [0.1, 0.15) is 32.8 Å². The van der Waals surface area contributed by atoms with Crippen LogP contribution < -0.4 is 5.32 Å². The molecule has 0 aliphatic rings. The molecule has 0 fully saturated rings. The van der Waals surface area contributed by atoms with Crippen molar-refractivity contribution >= 4 is 5.69 Å². The molecule has 0 bridgehead atoms. The van der Waals surface area contributed by atoms with Crippen molar-refractivity contribution in [2.45, 2.75) is 39.2 Å². The number of nitrogens with zero attached hydrogens (tertiary/aromatic N) is 2. The molecule has 0 amide bonds. The number of aryl methyl sites for hydroxylation is 1. The predicted molar refractivity (Wildman–Crippen MR) is 80.5 cm³/mol. The van der Waals surface area contributed by atoms with E-state index in [2.05, 4.69) is 59.9 Å². The van der Waals surface area contributed by atoms with Crippen molar-refractivity contribution in [1.82, 2.24) is 9.55 Å². The van der Waals surface area contributed by atoms with Gasteiger partial charge in [0.05, 0.1) is 6.33 Å². The Morgan fingerprint density at radius 1 is 1.16 bits per heavy atom. The van der Waals surface area contributed by atoms with E-state index >= 15 is 0 Å². The second-order valence-electron chi connectivity index (χ2n) is 5.91. The van der Waals surface area contributed by atoms with Gasteiger partial charge in [-0.05, 0) is 29.5 Å². The van der Waals surface area contributed by atoms with Gasteiger partial charge in [-0.15, -0.1) is 0 Å². The van der Waals surface area contributed by atoms with Crippen LogP contribution >= 0.6 is 0 Å². The summed E-state index contributed by atoms with van der Waals surface area (Å²) in [5.74, 6) is 0. The van der Waals surface area contributed by atoms with Gasteiger partial charge in [0.1, 0.15) is 0 Å². The first-order chi connectivity index (χ1) is 9.05. The first kappa shape index (κ1) is 13.7. The second kappa shape index (κ2) is 5.91. The van der Waals surface area contributed by atoms with Gasteiger partial charge in [-0.3, -0.25) is 0 Å². The van der Waals surface area contributed by atoms with Crippen molar-refractivity contribution in [3.05, 3.63) is 48.5 Å². The summed E-state index contributed by atoms with van der Waals surface area (Å²) >= 11 is 0. The topological polar surface area (TPSA) is 29.9 Å². The summed E-state index contributed by atoms with van der Waals surface area (Å²) in [6.07, 6.45) is 6.77. The predicted octanol–water partition coefficient (Wildman–Crippen LogP) is 3.68. The van der Waals surface area contributed by atoms with Gasteiger partial charge in [-0.2, -0.15) is 0 Å². The zero-order chi connectivity index (χ0) is 13.7. The van der Waals surface area contributed by atoms with Crippen LogP contribution in [0.5, 0.6) is 0 Å². The summed E-state index contributed by atoms with van der Waals surface area (Å²) in [6, 6.07) is 8.74. The van der Waals surface area contributed by atoms with Gasteiger partial charge in [0.2, 0.25) is 0 Å². The molecule has 0 atom stereocenters. The Labute approximate surface area is 115 Å². The molecule has 0 aliphatic heterocycles. The van der Waals surface area contributed by atoms with Crippen molar-refractivity contribution < 1.29 is 0 Å². The number of anilines is 1. The van der Waals surface area contributed by atoms with Crippen LogP contribution in [-0.2, 0) is 12.0 Å². The zero-order valence-electron chi connectivity index (χ0n) is 12.1. The van der Waals surface area contributed by atoms with Gasteiger partial charge in [0, 0.05) is 31.2 Å². The van der Waals surface area contributed by atoms with Gasteiger partial charge in [0.15, 0.2) is 0 Å². The van der Waals surface area contributed by atoms with E-state index in [4.69, 9.17) is 0 Å². The minimum atomic E-state index is 0.222. The van der Waals surface area contributed by atoms with Crippen LogP contribution in [0.4, 0.5) is 5.69 Å². The fraction of sp³-hybridized carbons (Fsp3) is 0.438. The molecule has 1 aromatic heterocycles. The maximum atomic E-state index is 4.03. The van der Waals surface area contributed by atoms with Crippen LogP contribution in [0.25, 0.3) is 0 Å². The largest absolute Gasteiger partial charge is 0.385 e. The van der Waals surface area contributed by atoms with Crippen molar-refractivity contribution in [2.75, 3.05) is 11.9 Å². The van der Waals surface area contributed by atoms with E-state index in [0.717, 1.165) is 19.5 Å². The Hall–Kier alpha value is -1.77. The molecule has 0 spiro atoms. The summed E-state index contributed by atoms with van der Waals surface area (Å²) in [5.41, 5.74) is 2.79. The number of benzene rings is 1. The lowest BCUT2D eigenvalue weighted by molar-refractivity contribution is 0.590. The van der Waals surface area contributed by atoms with E-state index in [1.165, 1.54) is 11.3 Å². The minimum Gasteiger partial charge on any atom is -0.385 e. The van der Waals surface area contributed by atoms with E-state index in [1.54, 1.807) is 0 Å². The summed E-state index contributed by atoms with van der Waals surface area (Å²) in [4.78, 5) is 4.03. The highest BCUT2D eigenvalue weighted by Gasteiger charge is 2.12. The van der Waals surface area contributed by atoms with E-state index in [9.17, 15) is 0 Å². The average molecular weight is 257 g/mol. The highest BCUT2D eigenvalue weighted by Crippen LogP contribution is 2.23. The molecule has 0 saturated carbocycles. The number of rotatable bonds is 5. The Bertz CT molecular complexity index is 478. The standard InChI is InChI=1S/C16H23N3/c1-16(2,3)14-5-7-15(8-6-14)18-9-4-11-19-12-10-17-13-19/h5-8,10,12-13,18H,4,9,11H2,1-3H3. The lowest BCUT2D eigenvalue weighted by atomic mass is 9.87. The third kappa shape index (κ3) is 4.12. The van der Waals surface area contributed by atoms with Gasteiger partial charge in [0.25, 0.3) is 0 Å². The molecule has 0 saturated heterocycles. The third-order valence-electron chi connectivity index (χ3n) is 3.23. The molecule has 0 aliphatic carbocycles. The summed E-state index contributed by atoms with van der Waals surface area (Å²) in [6.45, 7) is 8.70. The summed E-state index contributed by atoms with van der Waals surface area (Å²) in [7, 11) is 0. The van der Waals surface area contributed by atoms with Crippen LogP contribution in [-0.4, -0.2) is 16.1 Å². The quantitative estimate of drug-likeness (QED) is 0.828. The van der Waals surface area contributed by atoms with Gasteiger partial charge < -0.3 is 9.88 Å². The molecular formula is C16H23N3. The number of aromatic nitrogens is 2. The maximum absolute atomic E-state index is 4.03. The van der Waals surface area contributed by atoms with Crippen LogP contribution in [0.2, 0.25) is 0 Å². The maximum Gasteiger partial charge on any atom is 0.0945 e. The molecule has 3 heteroatoms. The van der Waals surface area contributed by atoms with Crippen molar-refractivity contribution in [3.8, 4) is 0 Å². The zero-order valence-corrected chi connectivity index (χ0v) is 12.1. The first-order valence-electron chi connectivity index (χ1n) is 6.86. The number of imidazole rings is 1. The molecule has 0 unspecified atom stereocenters. The van der Waals surface area contributed by atoms with Crippen LogP contribution in [0.15, 0.2) is 43.0 Å². The molecule has 1 N–H and O–H groups in total. The van der Waals surface area contributed by atoms with Gasteiger partial charge >= 0.3 is 0 Å². The molecule has 2 rings (SSSR count). The molecule has 1 aromatic carbocycles. The summed E-state index contributed by atoms with van der Waals surface area (Å²) in [5, 5.41) is 3.45. The van der Waals surface area contributed by atoms with Crippen LogP contribution in [0, 0.1) is 0 Å². The highest BCUT2D eigenvalue weighted by atomic mass is 15.0. The normalized spacial score (nSPS) is 11.5. The van der Waals surface area contributed by atoms with Crippen molar-refractivity contribution in [1.29, 1.82) is 0 Å². The van der Waals surface area contributed by atoms with Crippen molar-refractivity contribution in [3.63, 3.8) is 0 Å². The molecule has 1 heterocycles. The lowest BCUT2D eigenvalue weighted by Gasteiger charge is -2.19. The molecule has 102 valence electrons. The smallest absolute Gasteiger partial charge is 0.0945 e. The fourth-order valence-electron chi connectivity index (χ4n) is 2.00. The van der Waals surface area contributed by atoms with E-state index < -0.39 is 0 Å². The van der Waals surface area contributed by atoms with Crippen molar-refractivity contribution in [2.24, 2.45) is 0 Å². The Morgan fingerprint density at radius 3 is 2.47 bits per heavy atom. The van der Waals surface area contributed by atoms with E-state index in [0.29, 0.717) is 0 Å². The third-order valence-corrected chi connectivity index (χ3v) is 3.23. The minimum absolute atomic E-state index is 0.222. The van der Waals surface area contributed by atoms with E-state index in [1.807, 2.05) is 18.7 Å². The SMILES string of the molecule is CC(C)(C)c1ccc(NCCCn2ccnc2)cc1. The number of nitrogens with one attached hydrogen (secondary N) is 1. The number of hydrogen-bond acceptors (Lipinski definition) is 2. The second-order valence-corrected chi connectivity index (χ2v) is 5.91. The monoisotopic (exact) mass is 257 g/mol. The summed E-state index contributed by atoms with van der Waals surface area (Å²) < 4.78 is 2.10. The first-order valence-corrected chi connectivity index (χ1v) is 6.86. The number of hydrogen-bond donors (Lipinski definition) is 1. The van der Waals surface area contributed by atoms with E-state index in [-0.39, 0.29) is 5.41 Å². The fourth-order valence-corrected chi connectivity index (χ4v) is 2.00.